The maximum atomic E-state index is 4.41. The minimum absolute atomic E-state index is 0.345. The molecule has 0 radical (unpaired) electrons. The van der Waals surface area contributed by atoms with Gasteiger partial charge in [0.15, 0.2) is 0 Å². The largest absolute Gasteiger partial charge is 0.313 e. The van der Waals surface area contributed by atoms with Crippen molar-refractivity contribution in [1.29, 1.82) is 0 Å². The number of aromatic nitrogens is 2. The average Bonchev–Trinajstić information content (AvgIpc) is 2.87. The summed E-state index contributed by atoms with van der Waals surface area (Å²) >= 11 is 0. The van der Waals surface area contributed by atoms with Crippen molar-refractivity contribution in [3.8, 4) is 0 Å². The quantitative estimate of drug-likeness (QED) is 0.890. The lowest BCUT2D eigenvalue weighted by molar-refractivity contribution is 0.646. The lowest BCUT2D eigenvalue weighted by Crippen LogP contribution is -2.11. The van der Waals surface area contributed by atoms with E-state index in [1.807, 2.05) is 17.9 Å². The van der Waals surface area contributed by atoms with E-state index in [4.69, 9.17) is 0 Å². The number of nitrogens with zero attached hydrogens (tertiary/aromatic N) is 2. The maximum Gasteiger partial charge on any atom is 0.0659 e. The van der Waals surface area contributed by atoms with E-state index in [0.717, 1.165) is 6.54 Å². The van der Waals surface area contributed by atoms with Crippen LogP contribution in [0.25, 0.3) is 0 Å². The lowest BCUT2D eigenvalue weighted by atomic mass is 10.0. The summed E-state index contributed by atoms with van der Waals surface area (Å²) in [7, 11) is 1.96. The van der Waals surface area contributed by atoms with Gasteiger partial charge in [-0.05, 0) is 31.0 Å². The van der Waals surface area contributed by atoms with Crippen molar-refractivity contribution < 1.29 is 0 Å². The normalized spacial score (nSPS) is 12.9. The van der Waals surface area contributed by atoms with E-state index in [0.29, 0.717) is 12.0 Å². The predicted octanol–water partition coefficient (Wildman–Crippen LogP) is 3.34. The van der Waals surface area contributed by atoms with Crippen LogP contribution in [0.2, 0.25) is 0 Å². The smallest absolute Gasteiger partial charge is 0.0659 e. The molecule has 3 heteroatoms. The van der Waals surface area contributed by atoms with Crippen molar-refractivity contribution in [2.45, 2.75) is 39.3 Å². The third-order valence-electron chi connectivity index (χ3n) is 3.58. The summed E-state index contributed by atoms with van der Waals surface area (Å²) in [5.74, 6) is 0.585. The van der Waals surface area contributed by atoms with Gasteiger partial charge in [-0.25, -0.2) is 0 Å². The van der Waals surface area contributed by atoms with Gasteiger partial charge >= 0.3 is 0 Å². The summed E-state index contributed by atoms with van der Waals surface area (Å²) in [4.78, 5) is 0. The van der Waals surface area contributed by atoms with Crippen LogP contribution in [0.3, 0.4) is 0 Å². The topological polar surface area (TPSA) is 29.9 Å². The Morgan fingerprint density at radius 1 is 1.11 bits per heavy atom. The van der Waals surface area contributed by atoms with Gasteiger partial charge < -0.3 is 5.32 Å². The van der Waals surface area contributed by atoms with Crippen molar-refractivity contribution in [2.75, 3.05) is 7.05 Å². The molecule has 0 fully saturated rings. The zero-order chi connectivity index (χ0) is 13.8. The molecular weight excluding hydrogens is 234 g/mol. The summed E-state index contributed by atoms with van der Waals surface area (Å²) in [6.07, 6.45) is 4.04. The van der Waals surface area contributed by atoms with Crippen molar-refractivity contribution in [3.63, 3.8) is 0 Å². The SMILES string of the molecule is CNC(C)c1cnn(Cc2ccc(C(C)C)cc2)c1. The average molecular weight is 257 g/mol. The Hall–Kier alpha value is -1.61. The molecule has 1 aromatic carbocycles. The van der Waals surface area contributed by atoms with E-state index in [1.165, 1.54) is 16.7 Å². The molecule has 0 saturated carbocycles. The van der Waals surface area contributed by atoms with Crippen molar-refractivity contribution in [1.82, 2.24) is 15.1 Å². The molecule has 0 aliphatic carbocycles. The van der Waals surface area contributed by atoms with Crippen molar-refractivity contribution >= 4 is 0 Å². The fourth-order valence-electron chi connectivity index (χ4n) is 2.05. The summed E-state index contributed by atoms with van der Waals surface area (Å²) in [6.45, 7) is 7.40. The highest BCUT2D eigenvalue weighted by molar-refractivity contribution is 5.25. The van der Waals surface area contributed by atoms with Gasteiger partial charge in [-0.15, -0.1) is 0 Å². The molecule has 1 N–H and O–H groups in total. The Morgan fingerprint density at radius 2 is 1.79 bits per heavy atom. The molecule has 1 aromatic heterocycles. The van der Waals surface area contributed by atoms with Crippen LogP contribution in [0.5, 0.6) is 0 Å². The van der Waals surface area contributed by atoms with Gasteiger partial charge in [0.1, 0.15) is 0 Å². The second-order valence-electron chi connectivity index (χ2n) is 5.38. The molecule has 2 aromatic rings. The standard InChI is InChI=1S/C16H23N3/c1-12(2)15-7-5-14(6-8-15)10-19-11-16(9-18-19)13(3)17-4/h5-9,11-13,17H,10H2,1-4H3. The van der Waals surface area contributed by atoms with Gasteiger partial charge in [0.2, 0.25) is 0 Å². The molecule has 1 atom stereocenters. The highest BCUT2D eigenvalue weighted by atomic mass is 15.3. The molecule has 1 heterocycles. The lowest BCUT2D eigenvalue weighted by Gasteiger charge is -2.08. The molecule has 0 bridgehead atoms. The molecular formula is C16H23N3. The third-order valence-corrected chi connectivity index (χ3v) is 3.58. The van der Waals surface area contributed by atoms with E-state index >= 15 is 0 Å². The Labute approximate surface area is 115 Å². The maximum absolute atomic E-state index is 4.41. The monoisotopic (exact) mass is 257 g/mol. The van der Waals surface area contributed by atoms with Crippen LogP contribution in [-0.4, -0.2) is 16.8 Å². The Bertz CT molecular complexity index is 511. The van der Waals surface area contributed by atoms with Gasteiger partial charge in [-0.1, -0.05) is 38.1 Å². The number of benzene rings is 1. The van der Waals surface area contributed by atoms with Crippen molar-refractivity contribution in [3.05, 3.63) is 53.3 Å². The van der Waals surface area contributed by atoms with Crippen LogP contribution >= 0.6 is 0 Å². The van der Waals surface area contributed by atoms with Gasteiger partial charge in [-0.3, -0.25) is 4.68 Å². The van der Waals surface area contributed by atoms with E-state index in [2.05, 4.69) is 61.6 Å². The fourth-order valence-corrected chi connectivity index (χ4v) is 2.05. The predicted molar refractivity (Wildman–Crippen MR) is 79.3 cm³/mol. The minimum Gasteiger partial charge on any atom is -0.313 e. The summed E-state index contributed by atoms with van der Waals surface area (Å²) in [5, 5.41) is 7.64. The van der Waals surface area contributed by atoms with Crippen LogP contribution in [-0.2, 0) is 6.54 Å². The van der Waals surface area contributed by atoms with Gasteiger partial charge in [-0.2, -0.15) is 5.10 Å². The third kappa shape index (κ3) is 3.44. The molecule has 2 rings (SSSR count). The molecule has 102 valence electrons. The Kier molecular flexibility index (Phi) is 4.38. The Balaban J connectivity index is 2.06. The number of nitrogens with one attached hydrogen (secondary N) is 1. The number of rotatable bonds is 5. The molecule has 0 aliphatic rings. The minimum atomic E-state index is 0.345. The van der Waals surface area contributed by atoms with E-state index in [9.17, 15) is 0 Å². The van der Waals surface area contributed by atoms with Crippen LogP contribution in [0.15, 0.2) is 36.7 Å². The van der Waals surface area contributed by atoms with Crippen molar-refractivity contribution in [2.24, 2.45) is 0 Å². The van der Waals surface area contributed by atoms with E-state index in [1.54, 1.807) is 0 Å². The van der Waals surface area contributed by atoms with Gasteiger partial charge in [0.25, 0.3) is 0 Å². The van der Waals surface area contributed by atoms with Gasteiger partial charge in [0.05, 0.1) is 12.7 Å². The first-order valence-corrected chi connectivity index (χ1v) is 6.88. The van der Waals surface area contributed by atoms with E-state index < -0.39 is 0 Å². The highest BCUT2D eigenvalue weighted by Crippen LogP contribution is 2.16. The van der Waals surface area contributed by atoms with Crippen LogP contribution < -0.4 is 5.32 Å². The summed E-state index contributed by atoms with van der Waals surface area (Å²) in [5.41, 5.74) is 3.89. The van der Waals surface area contributed by atoms with Gasteiger partial charge in [0, 0.05) is 17.8 Å². The molecule has 3 nitrogen and oxygen atoms in total. The second-order valence-corrected chi connectivity index (χ2v) is 5.38. The molecule has 0 saturated heterocycles. The second kappa shape index (κ2) is 6.02. The molecule has 0 aliphatic heterocycles. The van der Waals surface area contributed by atoms with Crippen LogP contribution in [0, 0.1) is 0 Å². The number of hydrogen-bond donors (Lipinski definition) is 1. The zero-order valence-corrected chi connectivity index (χ0v) is 12.2. The first-order chi connectivity index (χ1) is 9.10. The number of hydrogen-bond acceptors (Lipinski definition) is 2. The Morgan fingerprint density at radius 3 is 2.37 bits per heavy atom. The summed E-state index contributed by atoms with van der Waals surface area (Å²) < 4.78 is 1.99. The summed E-state index contributed by atoms with van der Waals surface area (Å²) in [6, 6.07) is 9.15. The van der Waals surface area contributed by atoms with E-state index in [-0.39, 0.29) is 0 Å². The molecule has 1 unspecified atom stereocenters. The first kappa shape index (κ1) is 13.8. The molecule has 0 spiro atoms. The highest BCUT2D eigenvalue weighted by Gasteiger charge is 2.06. The van der Waals surface area contributed by atoms with Crippen LogP contribution in [0.1, 0.15) is 49.4 Å². The fraction of sp³-hybridized carbons (Fsp3) is 0.438. The zero-order valence-electron chi connectivity index (χ0n) is 12.2. The van der Waals surface area contributed by atoms with Crippen LogP contribution in [0.4, 0.5) is 0 Å². The molecule has 0 amide bonds. The molecule has 19 heavy (non-hydrogen) atoms. The first-order valence-electron chi connectivity index (χ1n) is 6.88.